The van der Waals surface area contributed by atoms with Gasteiger partial charge in [-0.3, -0.25) is 9.59 Å². The number of methoxy groups -OCH3 is 2. The smallest absolute Gasteiger partial charge is 0.255 e. The number of nitrogens with one attached hydrogen (secondary N) is 2. The molecule has 3 aromatic rings. The predicted molar refractivity (Wildman–Crippen MR) is 104 cm³/mol. The average molecular weight is 380 g/mol. The van der Waals surface area contributed by atoms with Crippen LogP contribution < -0.4 is 20.1 Å². The number of amides is 2. The molecule has 0 spiro atoms. The van der Waals surface area contributed by atoms with Crippen molar-refractivity contribution in [3.63, 3.8) is 0 Å². The average Bonchev–Trinajstić information content (AvgIpc) is 3.25. The summed E-state index contributed by atoms with van der Waals surface area (Å²) in [6.45, 7) is 0.295. The van der Waals surface area contributed by atoms with Crippen molar-refractivity contribution in [1.29, 1.82) is 0 Å². The zero-order chi connectivity index (χ0) is 19.9. The molecule has 0 atom stereocenters. The van der Waals surface area contributed by atoms with E-state index in [-0.39, 0.29) is 11.8 Å². The summed E-state index contributed by atoms with van der Waals surface area (Å²) < 4.78 is 15.6. The third-order valence-corrected chi connectivity index (χ3v) is 4.07. The summed E-state index contributed by atoms with van der Waals surface area (Å²) >= 11 is 0. The Kier molecular flexibility index (Phi) is 5.96. The molecule has 0 aliphatic heterocycles. The summed E-state index contributed by atoms with van der Waals surface area (Å²) in [6.07, 6.45) is 1.55. The zero-order valence-electron chi connectivity index (χ0n) is 15.5. The number of carbonyl (C=O) groups excluding carboxylic acids is 2. The molecule has 0 radical (unpaired) electrons. The van der Waals surface area contributed by atoms with Gasteiger partial charge in [-0.25, -0.2) is 0 Å². The molecule has 2 N–H and O–H groups in total. The van der Waals surface area contributed by atoms with Crippen molar-refractivity contribution < 1.29 is 23.5 Å². The fraction of sp³-hybridized carbons (Fsp3) is 0.143. The maximum atomic E-state index is 12.5. The van der Waals surface area contributed by atoms with Gasteiger partial charge in [0.15, 0.2) is 0 Å². The van der Waals surface area contributed by atoms with E-state index in [0.717, 1.165) is 0 Å². The van der Waals surface area contributed by atoms with Crippen LogP contribution in [0.5, 0.6) is 11.5 Å². The second-order valence-electron chi connectivity index (χ2n) is 5.86. The molecule has 28 heavy (non-hydrogen) atoms. The Hall–Kier alpha value is -3.74. The van der Waals surface area contributed by atoms with E-state index in [1.165, 1.54) is 7.11 Å². The molecule has 1 aromatic heterocycles. The van der Waals surface area contributed by atoms with E-state index in [0.29, 0.717) is 40.6 Å². The van der Waals surface area contributed by atoms with Crippen LogP contribution in [0, 0.1) is 0 Å². The van der Waals surface area contributed by atoms with Gasteiger partial charge in [-0.05, 0) is 48.5 Å². The van der Waals surface area contributed by atoms with Crippen LogP contribution in [-0.4, -0.2) is 26.0 Å². The van der Waals surface area contributed by atoms with E-state index in [2.05, 4.69) is 10.6 Å². The van der Waals surface area contributed by atoms with Gasteiger partial charge in [-0.1, -0.05) is 0 Å². The van der Waals surface area contributed by atoms with Gasteiger partial charge in [-0.15, -0.1) is 0 Å². The molecule has 0 saturated carbocycles. The molecule has 2 aromatic carbocycles. The quantitative estimate of drug-likeness (QED) is 0.655. The summed E-state index contributed by atoms with van der Waals surface area (Å²) in [5.41, 5.74) is 1.35. The topological polar surface area (TPSA) is 89.8 Å². The second kappa shape index (κ2) is 8.77. The van der Waals surface area contributed by atoms with Gasteiger partial charge < -0.3 is 24.5 Å². The van der Waals surface area contributed by atoms with Crippen molar-refractivity contribution in [2.75, 3.05) is 19.5 Å². The highest BCUT2D eigenvalue weighted by Crippen LogP contribution is 2.29. The predicted octanol–water partition coefficient (Wildman–Crippen LogP) is 3.48. The van der Waals surface area contributed by atoms with E-state index in [1.54, 1.807) is 68.0 Å². The number of furan rings is 1. The zero-order valence-corrected chi connectivity index (χ0v) is 15.5. The van der Waals surface area contributed by atoms with Crippen LogP contribution in [0.2, 0.25) is 0 Å². The van der Waals surface area contributed by atoms with Crippen molar-refractivity contribution >= 4 is 17.5 Å². The number of hydrogen-bond acceptors (Lipinski definition) is 5. The molecule has 0 saturated heterocycles. The third-order valence-electron chi connectivity index (χ3n) is 4.07. The molecule has 1 heterocycles. The number of rotatable bonds is 7. The fourth-order valence-electron chi connectivity index (χ4n) is 2.56. The first-order chi connectivity index (χ1) is 13.6. The molecule has 144 valence electrons. The minimum Gasteiger partial charge on any atom is -0.497 e. The van der Waals surface area contributed by atoms with Crippen LogP contribution in [0.3, 0.4) is 0 Å². The maximum absolute atomic E-state index is 12.5. The van der Waals surface area contributed by atoms with Crippen molar-refractivity contribution in [1.82, 2.24) is 5.32 Å². The number of anilines is 1. The monoisotopic (exact) mass is 380 g/mol. The Balaban J connectivity index is 1.66. The number of ether oxygens (including phenoxy) is 2. The molecule has 3 rings (SSSR count). The molecule has 0 bridgehead atoms. The van der Waals surface area contributed by atoms with Crippen molar-refractivity contribution in [2.24, 2.45) is 0 Å². The summed E-state index contributed by atoms with van der Waals surface area (Å²) in [6, 6.07) is 15.0. The fourth-order valence-corrected chi connectivity index (χ4v) is 2.56. The highest BCUT2D eigenvalue weighted by molar-refractivity contribution is 6.05. The van der Waals surface area contributed by atoms with E-state index in [4.69, 9.17) is 13.9 Å². The van der Waals surface area contributed by atoms with Gasteiger partial charge in [0.05, 0.1) is 32.7 Å². The Morgan fingerprint density at radius 3 is 2.25 bits per heavy atom. The number of carbonyl (C=O) groups is 2. The van der Waals surface area contributed by atoms with Crippen LogP contribution >= 0.6 is 0 Å². The van der Waals surface area contributed by atoms with Crippen LogP contribution in [0.25, 0.3) is 0 Å². The van der Waals surface area contributed by atoms with E-state index < -0.39 is 0 Å². The summed E-state index contributed by atoms with van der Waals surface area (Å²) in [5.74, 6) is 1.20. The Morgan fingerprint density at radius 2 is 1.64 bits per heavy atom. The summed E-state index contributed by atoms with van der Waals surface area (Å²) in [5, 5.41) is 5.54. The SMILES string of the molecule is COc1ccc(OC)c(NC(=O)c2ccc(C(=O)NCc3ccco3)cc2)c1. The van der Waals surface area contributed by atoms with Gasteiger partial charge in [0.2, 0.25) is 0 Å². The lowest BCUT2D eigenvalue weighted by atomic mass is 10.1. The molecule has 0 unspecified atom stereocenters. The minimum atomic E-state index is -0.325. The van der Waals surface area contributed by atoms with Crippen LogP contribution in [-0.2, 0) is 6.54 Å². The first kappa shape index (κ1) is 19.0. The molecule has 2 amide bonds. The minimum absolute atomic E-state index is 0.252. The molecule has 0 aliphatic rings. The first-order valence-electron chi connectivity index (χ1n) is 8.54. The van der Waals surface area contributed by atoms with Crippen molar-refractivity contribution in [2.45, 2.75) is 6.54 Å². The highest BCUT2D eigenvalue weighted by atomic mass is 16.5. The van der Waals surface area contributed by atoms with E-state index >= 15 is 0 Å². The maximum Gasteiger partial charge on any atom is 0.255 e. The Labute approximate surface area is 162 Å². The summed E-state index contributed by atoms with van der Waals surface area (Å²) in [7, 11) is 3.07. The largest absolute Gasteiger partial charge is 0.497 e. The van der Waals surface area contributed by atoms with Gasteiger partial charge in [0, 0.05) is 17.2 Å². The molecule has 7 nitrogen and oxygen atoms in total. The molecule has 0 fully saturated rings. The normalized spacial score (nSPS) is 10.2. The van der Waals surface area contributed by atoms with Gasteiger partial charge >= 0.3 is 0 Å². The van der Waals surface area contributed by atoms with Crippen LogP contribution in [0.1, 0.15) is 26.5 Å². The van der Waals surface area contributed by atoms with Crippen molar-refractivity contribution in [3.05, 3.63) is 77.7 Å². The lowest BCUT2D eigenvalue weighted by molar-refractivity contribution is 0.0946. The van der Waals surface area contributed by atoms with Crippen molar-refractivity contribution in [3.8, 4) is 11.5 Å². The standard InChI is InChI=1S/C21H20N2O5/c1-26-16-9-10-19(27-2)18(12-16)23-21(25)15-7-5-14(6-8-15)20(24)22-13-17-4-3-11-28-17/h3-12H,13H2,1-2H3,(H,22,24)(H,23,25). The first-order valence-corrected chi connectivity index (χ1v) is 8.54. The molecule has 7 heteroatoms. The van der Waals surface area contributed by atoms with E-state index in [1.807, 2.05) is 0 Å². The van der Waals surface area contributed by atoms with Gasteiger partial charge in [0.25, 0.3) is 11.8 Å². The van der Waals surface area contributed by atoms with Crippen LogP contribution in [0.15, 0.2) is 65.3 Å². The Morgan fingerprint density at radius 1 is 0.929 bits per heavy atom. The molecular formula is C21H20N2O5. The lowest BCUT2D eigenvalue weighted by Crippen LogP contribution is -2.22. The molecular weight excluding hydrogens is 360 g/mol. The van der Waals surface area contributed by atoms with E-state index in [9.17, 15) is 9.59 Å². The highest BCUT2D eigenvalue weighted by Gasteiger charge is 2.12. The number of benzene rings is 2. The molecule has 0 aliphatic carbocycles. The lowest BCUT2D eigenvalue weighted by Gasteiger charge is -2.12. The van der Waals surface area contributed by atoms with Crippen LogP contribution in [0.4, 0.5) is 5.69 Å². The summed E-state index contributed by atoms with van der Waals surface area (Å²) in [4.78, 5) is 24.7. The van der Waals surface area contributed by atoms with Gasteiger partial charge in [-0.2, -0.15) is 0 Å². The Bertz CT molecular complexity index is 949. The second-order valence-corrected chi connectivity index (χ2v) is 5.86. The number of hydrogen-bond donors (Lipinski definition) is 2. The third kappa shape index (κ3) is 4.50. The van der Waals surface area contributed by atoms with Gasteiger partial charge in [0.1, 0.15) is 17.3 Å².